The first-order chi connectivity index (χ1) is 16.9. The predicted octanol–water partition coefficient (Wildman–Crippen LogP) is 1.72. The first kappa shape index (κ1) is 32.2. The molecule has 0 aromatic heterocycles. The Morgan fingerprint density at radius 2 is 0.889 bits per heavy atom. The van der Waals surface area contributed by atoms with Crippen LogP contribution in [-0.2, 0) is 22.4 Å². The number of benzene rings is 2. The van der Waals surface area contributed by atoms with E-state index in [0.717, 1.165) is 36.8 Å². The summed E-state index contributed by atoms with van der Waals surface area (Å²) in [6, 6.07) is 15.4. The number of rotatable bonds is 8. The molecule has 6 N–H and O–H groups in total. The summed E-state index contributed by atoms with van der Waals surface area (Å²) >= 11 is 0. The molecule has 0 fully saturated rings. The van der Waals surface area contributed by atoms with Gasteiger partial charge < -0.3 is 31.5 Å². The molecule has 0 radical (unpaired) electrons. The lowest BCUT2D eigenvalue weighted by Gasteiger charge is -2.10. The Morgan fingerprint density at radius 3 is 1.08 bits per heavy atom. The van der Waals surface area contributed by atoms with Crippen LogP contribution in [0.2, 0.25) is 0 Å². The van der Waals surface area contributed by atoms with Gasteiger partial charge in [-0.05, 0) is 74.2 Å². The number of hydrogen-bond acceptors (Lipinski definition) is 6. The van der Waals surface area contributed by atoms with E-state index in [-0.39, 0.29) is 11.8 Å². The Bertz CT molecular complexity index is 878. The third-order valence-corrected chi connectivity index (χ3v) is 4.74. The van der Waals surface area contributed by atoms with E-state index in [2.05, 4.69) is 0 Å². The summed E-state index contributed by atoms with van der Waals surface area (Å²) < 4.78 is 0. The van der Waals surface area contributed by atoms with Gasteiger partial charge in [0.25, 0.3) is 11.8 Å². The molecule has 0 unspecified atom stereocenters. The molecular formula is C26H38N4O6. The van der Waals surface area contributed by atoms with Crippen molar-refractivity contribution < 1.29 is 29.4 Å². The maximum absolute atomic E-state index is 11.6. The van der Waals surface area contributed by atoms with E-state index in [1.54, 1.807) is 38.0 Å². The summed E-state index contributed by atoms with van der Waals surface area (Å²) in [5, 5.41) is 14.8. The maximum Gasteiger partial charge on any atom is 0.414 e. The highest BCUT2D eigenvalue weighted by molar-refractivity contribution is 6.27. The van der Waals surface area contributed by atoms with E-state index in [1.165, 1.54) is 11.1 Å². The Hall–Kier alpha value is -3.76. The smallest absolute Gasteiger partial charge is 0.414 e. The number of carbonyl (C=O) groups is 4. The van der Waals surface area contributed by atoms with E-state index < -0.39 is 11.9 Å². The minimum atomic E-state index is -1.82. The molecule has 10 heteroatoms. The first-order valence-electron chi connectivity index (χ1n) is 11.4. The number of carbonyl (C=O) groups excluding carboxylic acids is 2. The largest absolute Gasteiger partial charge is 0.473 e. The molecule has 0 aliphatic heterocycles. The topological polar surface area (TPSA) is 167 Å². The summed E-state index contributed by atoms with van der Waals surface area (Å²) in [6.07, 6.45) is 3.93. The molecule has 0 spiro atoms. The third kappa shape index (κ3) is 13.2. The molecular weight excluding hydrogens is 464 g/mol. The minimum absolute atomic E-state index is 0.0420. The van der Waals surface area contributed by atoms with Gasteiger partial charge in [0.2, 0.25) is 0 Å². The monoisotopic (exact) mass is 502 g/mol. The lowest BCUT2D eigenvalue weighted by molar-refractivity contribution is -0.159. The fourth-order valence-corrected chi connectivity index (χ4v) is 2.76. The van der Waals surface area contributed by atoms with Crippen molar-refractivity contribution in [3.63, 3.8) is 0 Å². The maximum atomic E-state index is 11.6. The molecule has 2 rings (SSSR count). The van der Waals surface area contributed by atoms with Crippen molar-refractivity contribution in [1.29, 1.82) is 0 Å². The molecule has 0 saturated heterocycles. The average molecular weight is 503 g/mol. The van der Waals surface area contributed by atoms with Crippen molar-refractivity contribution in [3.8, 4) is 0 Å². The second-order valence-electron chi connectivity index (χ2n) is 8.19. The lowest BCUT2D eigenvalue weighted by Crippen LogP contribution is -2.21. The van der Waals surface area contributed by atoms with Crippen LogP contribution in [0, 0.1) is 0 Å². The zero-order chi connectivity index (χ0) is 27.7. The number of nitrogens with two attached hydrogens (primary N) is 2. The van der Waals surface area contributed by atoms with Gasteiger partial charge in [-0.25, -0.2) is 9.59 Å². The Morgan fingerprint density at radius 1 is 0.611 bits per heavy atom. The molecule has 2 aromatic rings. The van der Waals surface area contributed by atoms with E-state index in [0.29, 0.717) is 13.1 Å². The minimum Gasteiger partial charge on any atom is -0.473 e. The predicted molar refractivity (Wildman–Crippen MR) is 139 cm³/mol. The van der Waals surface area contributed by atoms with Crippen molar-refractivity contribution in [1.82, 2.24) is 9.80 Å². The zero-order valence-corrected chi connectivity index (χ0v) is 21.4. The van der Waals surface area contributed by atoms with Crippen LogP contribution in [0.25, 0.3) is 0 Å². The number of aryl methyl sites for hydroxylation is 2. The molecule has 2 aromatic carbocycles. The lowest BCUT2D eigenvalue weighted by atomic mass is 10.1. The van der Waals surface area contributed by atoms with E-state index in [9.17, 15) is 9.59 Å². The highest BCUT2D eigenvalue weighted by Gasteiger charge is 2.07. The van der Waals surface area contributed by atoms with Gasteiger partial charge >= 0.3 is 11.9 Å². The van der Waals surface area contributed by atoms with Gasteiger partial charge in [-0.15, -0.1) is 0 Å². The zero-order valence-electron chi connectivity index (χ0n) is 21.4. The number of amides is 2. The van der Waals surface area contributed by atoms with Crippen molar-refractivity contribution in [2.75, 3.05) is 41.3 Å². The van der Waals surface area contributed by atoms with Crippen molar-refractivity contribution in [3.05, 3.63) is 70.8 Å². The second-order valence-corrected chi connectivity index (χ2v) is 8.19. The number of nitrogens with zero attached hydrogens (tertiary/aromatic N) is 2. The number of aliphatic carboxylic acids is 2. The third-order valence-electron chi connectivity index (χ3n) is 4.74. The fourth-order valence-electron chi connectivity index (χ4n) is 2.76. The SMILES string of the molecule is CN(C)C(=O)c1ccc(CCCN)cc1.CN(C)C(=O)c1ccc(CCCN)cc1.O=C(O)C(=O)O. The Balaban J connectivity index is 0.000000558. The van der Waals surface area contributed by atoms with E-state index in [4.69, 9.17) is 31.3 Å². The Labute approximate surface area is 212 Å². The van der Waals surface area contributed by atoms with Crippen molar-refractivity contribution in [2.45, 2.75) is 25.7 Å². The van der Waals surface area contributed by atoms with Gasteiger partial charge in [0, 0.05) is 39.3 Å². The van der Waals surface area contributed by atoms with E-state index in [1.807, 2.05) is 48.5 Å². The summed E-state index contributed by atoms with van der Waals surface area (Å²) in [4.78, 5) is 44.5. The van der Waals surface area contributed by atoms with Crippen LogP contribution < -0.4 is 11.5 Å². The van der Waals surface area contributed by atoms with Crippen molar-refractivity contribution >= 4 is 23.8 Å². The van der Waals surface area contributed by atoms with Gasteiger partial charge in [0.15, 0.2) is 0 Å². The van der Waals surface area contributed by atoms with Gasteiger partial charge in [0.05, 0.1) is 0 Å². The molecule has 0 bridgehead atoms. The number of carboxylic acids is 2. The first-order valence-corrected chi connectivity index (χ1v) is 11.4. The van der Waals surface area contributed by atoms with Crippen LogP contribution in [0.4, 0.5) is 0 Å². The van der Waals surface area contributed by atoms with Crippen LogP contribution in [0.15, 0.2) is 48.5 Å². The fraction of sp³-hybridized carbons (Fsp3) is 0.385. The summed E-state index contributed by atoms with van der Waals surface area (Å²) in [6.45, 7) is 1.41. The Kier molecular flexibility index (Phi) is 15.8. The molecule has 0 heterocycles. The van der Waals surface area contributed by atoms with Gasteiger partial charge in [-0.1, -0.05) is 24.3 Å². The van der Waals surface area contributed by atoms with Crippen molar-refractivity contribution in [2.24, 2.45) is 11.5 Å². The molecule has 198 valence electrons. The highest BCUT2D eigenvalue weighted by atomic mass is 16.4. The van der Waals surface area contributed by atoms with Crippen LogP contribution >= 0.6 is 0 Å². The van der Waals surface area contributed by atoms with Crippen LogP contribution in [0.1, 0.15) is 44.7 Å². The van der Waals surface area contributed by atoms with Gasteiger partial charge in [-0.3, -0.25) is 9.59 Å². The summed E-state index contributed by atoms with van der Waals surface area (Å²) in [5.74, 6) is -3.56. The van der Waals surface area contributed by atoms with Crippen LogP contribution in [0.3, 0.4) is 0 Å². The molecule has 10 nitrogen and oxygen atoms in total. The molecule has 0 aliphatic rings. The van der Waals surface area contributed by atoms with Crippen LogP contribution in [0.5, 0.6) is 0 Å². The summed E-state index contributed by atoms with van der Waals surface area (Å²) in [7, 11) is 7.02. The van der Waals surface area contributed by atoms with E-state index >= 15 is 0 Å². The van der Waals surface area contributed by atoms with Crippen LogP contribution in [-0.4, -0.2) is 85.0 Å². The normalized spacial score (nSPS) is 9.61. The second kappa shape index (κ2) is 17.6. The average Bonchev–Trinajstić information content (AvgIpc) is 2.86. The number of hydrogen-bond donors (Lipinski definition) is 4. The summed E-state index contributed by atoms with van der Waals surface area (Å²) in [5.41, 5.74) is 14.8. The molecule has 36 heavy (non-hydrogen) atoms. The molecule has 0 saturated carbocycles. The standard InChI is InChI=1S/2C12H18N2O.C2H2O4/c2*1-14(2)12(15)11-7-5-10(6-8-11)4-3-9-13;3-1(4)2(5)6/h2*5-8H,3-4,9,13H2,1-2H3;(H,3,4)(H,5,6). The molecule has 0 aliphatic carbocycles. The number of carboxylic acid groups (broad SMARTS) is 2. The highest BCUT2D eigenvalue weighted by Crippen LogP contribution is 2.09. The van der Waals surface area contributed by atoms with Gasteiger partial charge in [-0.2, -0.15) is 0 Å². The molecule has 2 amide bonds. The quantitative estimate of drug-likeness (QED) is 0.396. The molecule has 0 atom stereocenters. The van der Waals surface area contributed by atoms with Gasteiger partial charge in [0.1, 0.15) is 0 Å².